The zero-order chi connectivity index (χ0) is 41.8. The quantitative estimate of drug-likeness (QED) is 0.124. The van der Waals surface area contributed by atoms with Crippen LogP contribution in [-0.2, 0) is 25.5 Å². The van der Waals surface area contributed by atoms with Gasteiger partial charge in [0.2, 0.25) is 11.8 Å². The van der Waals surface area contributed by atoms with Crippen LogP contribution in [0, 0.1) is 0 Å². The Kier molecular flexibility index (Phi) is 12.5. The Hall–Kier alpha value is -5.78. The molecule has 17 heteroatoms. The van der Waals surface area contributed by atoms with E-state index < -0.39 is 29.7 Å². The minimum atomic E-state index is -1.01. The lowest BCUT2D eigenvalue weighted by molar-refractivity contribution is -0.136. The van der Waals surface area contributed by atoms with E-state index in [0.717, 1.165) is 85.7 Å². The van der Waals surface area contributed by atoms with Crippen molar-refractivity contribution in [2.24, 2.45) is 0 Å². The van der Waals surface area contributed by atoms with Gasteiger partial charge >= 0.3 is 0 Å². The summed E-state index contributed by atoms with van der Waals surface area (Å²) in [5.74, 6) is -1.46. The largest absolute Gasteiger partial charge is 0.382 e. The molecule has 17 nitrogen and oxygen atoms in total. The number of rotatable bonds is 16. The van der Waals surface area contributed by atoms with Gasteiger partial charge in [0.15, 0.2) is 0 Å². The molecule has 0 radical (unpaired) electrons. The van der Waals surface area contributed by atoms with Gasteiger partial charge in [-0.3, -0.25) is 44.1 Å². The van der Waals surface area contributed by atoms with Gasteiger partial charge in [0.05, 0.1) is 55.9 Å². The molecule has 8 rings (SSSR count). The SMILES string of the molecule is CN(C)C(=O)c1cc2cnc(Cc3ccc(N4CCN(CCOCCOCCNc5cccc6c5C(=O)N(C5CCC(=O)NC5=O)C6=O)CC4)cn3)nc2n1C1CCCC1. The first-order chi connectivity index (χ1) is 29.2. The van der Waals surface area contributed by atoms with Crippen LogP contribution in [0.5, 0.6) is 0 Å². The average molecular weight is 821 g/mol. The van der Waals surface area contributed by atoms with Crippen LogP contribution < -0.4 is 15.5 Å². The van der Waals surface area contributed by atoms with Crippen molar-refractivity contribution in [2.75, 3.05) is 90.0 Å². The third kappa shape index (κ3) is 8.74. The smallest absolute Gasteiger partial charge is 0.270 e. The van der Waals surface area contributed by atoms with E-state index in [1.165, 1.54) is 0 Å². The van der Waals surface area contributed by atoms with Crippen molar-refractivity contribution in [1.82, 2.24) is 39.5 Å². The summed E-state index contributed by atoms with van der Waals surface area (Å²) in [5, 5.41) is 6.28. The molecular formula is C43H52N10O7. The summed E-state index contributed by atoms with van der Waals surface area (Å²) in [4.78, 5) is 85.1. The second-order valence-electron chi connectivity index (χ2n) is 15.9. The summed E-state index contributed by atoms with van der Waals surface area (Å²) in [6.45, 7) is 6.68. The Morgan fingerprint density at radius 3 is 2.42 bits per heavy atom. The number of fused-ring (bicyclic) bond motifs is 2. The highest BCUT2D eigenvalue weighted by Crippen LogP contribution is 2.35. The summed E-state index contributed by atoms with van der Waals surface area (Å²) in [6, 6.07) is 10.3. The van der Waals surface area contributed by atoms with Crippen LogP contribution in [-0.4, -0.2) is 150 Å². The van der Waals surface area contributed by atoms with E-state index in [4.69, 9.17) is 19.4 Å². The minimum absolute atomic E-state index is 0.0164. The molecule has 0 bridgehead atoms. The number of hydrogen-bond donors (Lipinski definition) is 2. The van der Waals surface area contributed by atoms with Gasteiger partial charge in [0.1, 0.15) is 23.2 Å². The lowest BCUT2D eigenvalue weighted by Crippen LogP contribution is -2.54. The molecule has 2 saturated heterocycles. The van der Waals surface area contributed by atoms with Crippen LogP contribution in [0.1, 0.15) is 87.3 Å². The van der Waals surface area contributed by atoms with Gasteiger partial charge in [0.25, 0.3) is 17.7 Å². The van der Waals surface area contributed by atoms with Crippen molar-refractivity contribution in [3.05, 3.63) is 77.1 Å². The maximum atomic E-state index is 13.3. The summed E-state index contributed by atoms with van der Waals surface area (Å²) >= 11 is 0. The molecule has 60 heavy (non-hydrogen) atoms. The monoisotopic (exact) mass is 820 g/mol. The van der Waals surface area contributed by atoms with Gasteiger partial charge in [0, 0.05) is 88.8 Å². The Bertz CT molecular complexity index is 2250. The first-order valence-corrected chi connectivity index (χ1v) is 20.9. The molecule has 316 valence electrons. The third-order valence-electron chi connectivity index (χ3n) is 11.8. The third-order valence-corrected chi connectivity index (χ3v) is 11.8. The predicted octanol–water partition coefficient (Wildman–Crippen LogP) is 2.90. The first-order valence-electron chi connectivity index (χ1n) is 20.9. The molecule has 1 aromatic carbocycles. The Morgan fingerprint density at radius 2 is 1.68 bits per heavy atom. The number of amides is 5. The number of ether oxygens (including phenoxy) is 2. The highest BCUT2D eigenvalue weighted by atomic mass is 16.5. The molecule has 5 amide bonds. The van der Waals surface area contributed by atoms with Crippen molar-refractivity contribution in [1.29, 1.82) is 0 Å². The molecule has 4 aliphatic rings. The molecule has 0 spiro atoms. The van der Waals surface area contributed by atoms with E-state index >= 15 is 0 Å². The van der Waals surface area contributed by atoms with Gasteiger partial charge in [-0.2, -0.15) is 0 Å². The Labute approximate surface area is 348 Å². The molecule has 6 heterocycles. The number of piperazine rings is 1. The molecule has 2 N–H and O–H groups in total. The lowest BCUT2D eigenvalue weighted by atomic mass is 10.0. The molecule has 1 atom stereocenters. The topological polar surface area (TPSA) is 184 Å². The number of anilines is 2. The molecule has 4 aromatic rings. The number of benzene rings is 1. The van der Waals surface area contributed by atoms with Crippen LogP contribution in [0.2, 0.25) is 0 Å². The van der Waals surface area contributed by atoms with E-state index in [9.17, 15) is 24.0 Å². The number of imide groups is 2. The number of hydrogen-bond acceptors (Lipinski definition) is 13. The van der Waals surface area contributed by atoms with Gasteiger partial charge in [-0.15, -0.1) is 0 Å². The lowest BCUT2D eigenvalue weighted by Gasteiger charge is -2.35. The predicted molar refractivity (Wildman–Crippen MR) is 222 cm³/mol. The van der Waals surface area contributed by atoms with Crippen LogP contribution in [0.3, 0.4) is 0 Å². The normalized spacial score (nSPS) is 18.7. The summed E-state index contributed by atoms with van der Waals surface area (Å²) in [7, 11) is 3.57. The zero-order valence-corrected chi connectivity index (χ0v) is 34.2. The van der Waals surface area contributed by atoms with Gasteiger partial charge in [-0.25, -0.2) is 9.97 Å². The minimum Gasteiger partial charge on any atom is -0.382 e. The van der Waals surface area contributed by atoms with Crippen molar-refractivity contribution in [3.8, 4) is 0 Å². The van der Waals surface area contributed by atoms with E-state index in [2.05, 4.69) is 36.1 Å². The highest BCUT2D eigenvalue weighted by Gasteiger charge is 2.45. The fourth-order valence-corrected chi connectivity index (χ4v) is 8.59. The average Bonchev–Trinajstić information content (AvgIpc) is 3.97. The van der Waals surface area contributed by atoms with Crippen LogP contribution in [0.25, 0.3) is 11.0 Å². The van der Waals surface area contributed by atoms with Crippen LogP contribution >= 0.6 is 0 Å². The summed E-state index contributed by atoms with van der Waals surface area (Å²) < 4.78 is 13.7. The fourth-order valence-electron chi connectivity index (χ4n) is 8.59. The second kappa shape index (κ2) is 18.2. The Morgan fingerprint density at radius 1 is 0.900 bits per heavy atom. The number of nitrogens with one attached hydrogen (secondary N) is 2. The fraction of sp³-hybridized carbons (Fsp3) is 0.488. The van der Waals surface area contributed by atoms with Gasteiger partial charge < -0.3 is 29.2 Å². The van der Waals surface area contributed by atoms with Crippen LogP contribution in [0.4, 0.5) is 11.4 Å². The molecule has 1 unspecified atom stereocenters. The molecule has 1 aliphatic carbocycles. The molecular weight excluding hydrogens is 769 g/mol. The maximum absolute atomic E-state index is 13.3. The standard InChI is InChI=1S/C43H52N10O7/c1-49(2)42(57)35-24-28-26-46-36(47-39(28)52(35)30-6-3-4-7-30)25-29-10-11-31(27-45-29)51-17-15-50(16-18-51)19-21-60-23-22-59-20-14-44-33-9-5-8-32-38(33)43(58)53(41(32)56)34-12-13-37(54)48-40(34)55/h5,8-11,24,26-27,30,34,44H,3-4,6-7,12-23,25H2,1-2H3,(H,48,54,55). The van der Waals surface area contributed by atoms with E-state index in [1.807, 2.05) is 24.5 Å². The molecule has 3 aromatic heterocycles. The summed E-state index contributed by atoms with van der Waals surface area (Å²) in [6.07, 6.45) is 8.87. The van der Waals surface area contributed by atoms with Gasteiger partial charge in [-0.05, 0) is 49.6 Å². The van der Waals surface area contributed by atoms with E-state index in [-0.39, 0.29) is 35.9 Å². The highest BCUT2D eigenvalue weighted by molar-refractivity contribution is 6.25. The molecule has 1 saturated carbocycles. The maximum Gasteiger partial charge on any atom is 0.270 e. The number of piperidine rings is 1. The Balaban J connectivity index is 0.727. The van der Waals surface area contributed by atoms with Crippen molar-refractivity contribution >= 4 is 51.9 Å². The number of nitrogens with zero attached hydrogens (tertiary/aromatic N) is 8. The van der Waals surface area contributed by atoms with Crippen LogP contribution in [0.15, 0.2) is 48.8 Å². The number of carbonyl (C=O) groups excluding carboxylic acids is 5. The van der Waals surface area contributed by atoms with Crippen molar-refractivity contribution in [3.63, 3.8) is 0 Å². The zero-order valence-electron chi connectivity index (χ0n) is 34.2. The molecule has 3 aliphatic heterocycles. The first kappa shape index (κ1) is 41.0. The number of carbonyl (C=O) groups is 5. The second-order valence-corrected chi connectivity index (χ2v) is 15.9. The van der Waals surface area contributed by atoms with E-state index in [0.29, 0.717) is 56.6 Å². The molecule has 3 fully saturated rings. The van der Waals surface area contributed by atoms with Gasteiger partial charge in [-0.1, -0.05) is 18.9 Å². The number of pyridine rings is 1. The number of aromatic nitrogens is 4. The van der Waals surface area contributed by atoms with Crippen molar-refractivity contribution in [2.45, 2.75) is 57.0 Å². The van der Waals surface area contributed by atoms with E-state index in [1.54, 1.807) is 37.2 Å². The van der Waals surface area contributed by atoms with Crippen molar-refractivity contribution < 1.29 is 33.4 Å². The summed E-state index contributed by atoms with van der Waals surface area (Å²) in [5.41, 5.74) is 4.43.